The Morgan fingerprint density at radius 1 is 1.17 bits per heavy atom. The Hall–Kier alpha value is -2.17. The first kappa shape index (κ1) is 16.7. The fourth-order valence-corrected chi connectivity index (χ4v) is 3.62. The van der Waals surface area contributed by atoms with E-state index in [2.05, 4.69) is 5.10 Å². The summed E-state index contributed by atoms with van der Waals surface area (Å²) in [5, 5.41) is 4.53. The smallest absolute Gasteiger partial charge is 0.275 e. The fraction of sp³-hybridized carbons (Fsp3) is 0.474. The van der Waals surface area contributed by atoms with Crippen molar-refractivity contribution in [1.29, 1.82) is 0 Å². The van der Waals surface area contributed by atoms with Gasteiger partial charge in [-0.2, -0.15) is 5.10 Å². The normalized spacial score (nSPS) is 13.6. The zero-order valence-corrected chi connectivity index (χ0v) is 14.7. The quantitative estimate of drug-likeness (QED) is 0.856. The lowest BCUT2D eigenvalue weighted by molar-refractivity contribution is 0.0636. The Morgan fingerprint density at radius 2 is 1.83 bits per heavy atom. The largest absolute Gasteiger partial charge is 0.332 e. The minimum Gasteiger partial charge on any atom is -0.332 e. The van der Waals surface area contributed by atoms with Crippen LogP contribution in [0.3, 0.4) is 0 Å². The Kier molecular flexibility index (Phi) is 4.43. The number of carbonyl (C=O) groups is 1. The molecule has 0 fully saturated rings. The number of benzene rings is 1. The molecule has 1 heterocycles. The number of amides is 1. The zero-order valence-electron chi connectivity index (χ0n) is 14.7. The van der Waals surface area contributed by atoms with Gasteiger partial charge in [-0.3, -0.25) is 4.79 Å². The molecule has 1 aromatic heterocycles. The second-order valence-electron chi connectivity index (χ2n) is 6.89. The van der Waals surface area contributed by atoms with Gasteiger partial charge in [0.2, 0.25) is 0 Å². The fourth-order valence-electron chi connectivity index (χ4n) is 3.62. The van der Waals surface area contributed by atoms with E-state index in [-0.39, 0.29) is 23.8 Å². The van der Waals surface area contributed by atoms with E-state index in [0.29, 0.717) is 11.4 Å². The van der Waals surface area contributed by atoms with Crippen molar-refractivity contribution in [3.63, 3.8) is 0 Å². The summed E-state index contributed by atoms with van der Waals surface area (Å²) in [6.45, 7) is 8.02. The van der Waals surface area contributed by atoms with Gasteiger partial charge in [0, 0.05) is 23.3 Å². The van der Waals surface area contributed by atoms with Crippen molar-refractivity contribution < 1.29 is 9.18 Å². The number of fused-ring (bicyclic) bond motifs is 1. The molecule has 24 heavy (non-hydrogen) atoms. The monoisotopic (exact) mass is 329 g/mol. The van der Waals surface area contributed by atoms with Crippen LogP contribution in [0.25, 0.3) is 5.69 Å². The van der Waals surface area contributed by atoms with E-state index >= 15 is 0 Å². The summed E-state index contributed by atoms with van der Waals surface area (Å²) in [5.74, 6) is -0.383. The van der Waals surface area contributed by atoms with Gasteiger partial charge < -0.3 is 4.90 Å². The molecule has 4 nitrogen and oxygen atoms in total. The van der Waals surface area contributed by atoms with Gasteiger partial charge in [0.15, 0.2) is 5.69 Å². The Labute approximate surface area is 142 Å². The molecule has 5 heteroatoms. The van der Waals surface area contributed by atoms with Crippen LogP contribution in [0.2, 0.25) is 0 Å². The van der Waals surface area contributed by atoms with Crippen LogP contribution >= 0.6 is 0 Å². The van der Waals surface area contributed by atoms with E-state index in [1.54, 1.807) is 22.9 Å². The van der Waals surface area contributed by atoms with E-state index < -0.39 is 0 Å². The molecule has 0 spiro atoms. The van der Waals surface area contributed by atoms with Crippen LogP contribution in [-0.4, -0.2) is 32.7 Å². The molecule has 0 saturated heterocycles. The van der Waals surface area contributed by atoms with Crippen LogP contribution in [0.15, 0.2) is 24.3 Å². The molecule has 0 N–H and O–H groups in total. The van der Waals surface area contributed by atoms with E-state index in [0.717, 1.165) is 30.5 Å². The average molecular weight is 329 g/mol. The minimum absolute atomic E-state index is 0.0618. The van der Waals surface area contributed by atoms with Gasteiger partial charge in [0.05, 0.1) is 0 Å². The molecule has 0 saturated carbocycles. The number of aromatic nitrogens is 2. The first-order valence-corrected chi connectivity index (χ1v) is 8.60. The van der Waals surface area contributed by atoms with E-state index in [4.69, 9.17) is 0 Å². The molecule has 1 aromatic carbocycles. The summed E-state index contributed by atoms with van der Waals surface area (Å²) in [4.78, 5) is 14.9. The molecule has 1 aliphatic rings. The topological polar surface area (TPSA) is 38.1 Å². The molecular formula is C19H24FN3O. The summed E-state index contributed by atoms with van der Waals surface area (Å²) in [6.07, 6.45) is 2.63. The Morgan fingerprint density at radius 3 is 2.46 bits per heavy atom. The first-order chi connectivity index (χ1) is 11.4. The maximum Gasteiger partial charge on any atom is 0.275 e. The van der Waals surface area contributed by atoms with Crippen molar-refractivity contribution in [1.82, 2.24) is 14.7 Å². The van der Waals surface area contributed by atoms with Crippen LogP contribution in [0.5, 0.6) is 0 Å². The Balaban J connectivity index is 2.10. The molecule has 2 aromatic rings. The molecule has 0 unspecified atom stereocenters. The highest BCUT2D eigenvalue weighted by molar-refractivity contribution is 5.94. The number of para-hydroxylation sites is 1. The highest BCUT2D eigenvalue weighted by Gasteiger charge is 2.31. The van der Waals surface area contributed by atoms with Gasteiger partial charge in [-0.25, -0.2) is 9.07 Å². The lowest BCUT2D eigenvalue weighted by atomic mass is 10.1. The van der Waals surface area contributed by atoms with Crippen molar-refractivity contribution in [3.8, 4) is 5.69 Å². The van der Waals surface area contributed by atoms with Crippen molar-refractivity contribution in [2.24, 2.45) is 0 Å². The third-order valence-electron chi connectivity index (χ3n) is 4.56. The maximum absolute atomic E-state index is 14.2. The SMILES string of the molecule is CC(C)N(C(=O)c1nn(-c2ccccc2F)c2c1CCC2)C(C)C. The number of carbonyl (C=O) groups excluding carboxylic acids is 1. The average Bonchev–Trinajstić information content (AvgIpc) is 3.09. The zero-order chi connectivity index (χ0) is 17.4. The molecule has 0 atom stereocenters. The second-order valence-corrected chi connectivity index (χ2v) is 6.89. The number of hydrogen-bond acceptors (Lipinski definition) is 2. The van der Waals surface area contributed by atoms with Crippen LogP contribution in [0.1, 0.15) is 55.9 Å². The summed E-state index contributed by atoms with van der Waals surface area (Å²) >= 11 is 0. The van der Waals surface area contributed by atoms with Crippen LogP contribution < -0.4 is 0 Å². The van der Waals surface area contributed by atoms with Crippen molar-refractivity contribution in [2.45, 2.75) is 59.0 Å². The first-order valence-electron chi connectivity index (χ1n) is 8.60. The number of nitrogens with zero attached hydrogens (tertiary/aromatic N) is 3. The molecule has 1 aliphatic carbocycles. The van der Waals surface area contributed by atoms with Gasteiger partial charge in [-0.1, -0.05) is 12.1 Å². The van der Waals surface area contributed by atoms with Crippen molar-refractivity contribution >= 4 is 5.91 Å². The predicted octanol–water partition coefficient (Wildman–Crippen LogP) is 3.76. The van der Waals surface area contributed by atoms with E-state index in [9.17, 15) is 9.18 Å². The highest BCUT2D eigenvalue weighted by Crippen LogP contribution is 2.30. The number of hydrogen-bond donors (Lipinski definition) is 0. The van der Waals surface area contributed by atoms with Gasteiger partial charge in [0.1, 0.15) is 11.5 Å². The molecule has 3 rings (SSSR count). The second kappa shape index (κ2) is 6.38. The van der Waals surface area contributed by atoms with Crippen LogP contribution in [0, 0.1) is 5.82 Å². The third-order valence-corrected chi connectivity index (χ3v) is 4.56. The summed E-state index contributed by atoms with van der Waals surface area (Å²) in [5.41, 5.74) is 2.84. The van der Waals surface area contributed by atoms with Crippen LogP contribution in [-0.2, 0) is 12.8 Å². The highest BCUT2D eigenvalue weighted by atomic mass is 19.1. The van der Waals surface area contributed by atoms with Crippen LogP contribution in [0.4, 0.5) is 4.39 Å². The minimum atomic E-state index is -0.321. The van der Waals surface area contributed by atoms with Gasteiger partial charge >= 0.3 is 0 Å². The predicted molar refractivity (Wildman–Crippen MR) is 92.0 cm³/mol. The van der Waals surface area contributed by atoms with Gasteiger partial charge in [-0.05, 0) is 59.1 Å². The summed E-state index contributed by atoms with van der Waals surface area (Å²) in [6, 6.07) is 6.76. The Bertz CT molecular complexity index is 756. The van der Waals surface area contributed by atoms with Gasteiger partial charge in [0.25, 0.3) is 5.91 Å². The lowest BCUT2D eigenvalue weighted by Crippen LogP contribution is -2.42. The molecule has 0 aliphatic heterocycles. The molecule has 0 bridgehead atoms. The number of rotatable bonds is 4. The van der Waals surface area contributed by atoms with Gasteiger partial charge in [-0.15, -0.1) is 0 Å². The number of halogens is 1. The standard InChI is InChI=1S/C19H24FN3O/c1-12(2)22(13(3)4)19(24)18-14-8-7-11-16(14)23(21-18)17-10-6-5-9-15(17)20/h5-6,9-10,12-13H,7-8,11H2,1-4H3. The molecule has 1 amide bonds. The maximum atomic E-state index is 14.2. The lowest BCUT2D eigenvalue weighted by Gasteiger charge is -2.30. The summed E-state index contributed by atoms with van der Waals surface area (Å²) in [7, 11) is 0. The summed E-state index contributed by atoms with van der Waals surface area (Å²) < 4.78 is 15.8. The van der Waals surface area contributed by atoms with E-state index in [1.807, 2.05) is 32.6 Å². The molecule has 128 valence electrons. The van der Waals surface area contributed by atoms with Crippen molar-refractivity contribution in [2.75, 3.05) is 0 Å². The molecular weight excluding hydrogens is 305 g/mol. The van der Waals surface area contributed by atoms with E-state index in [1.165, 1.54) is 6.07 Å². The molecule has 0 radical (unpaired) electrons. The van der Waals surface area contributed by atoms with Crippen molar-refractivity contribution in [3.05, 3.63) is 47.0 Å². The third kappa shape index (κ3) is 2.72.